The Morgan fingerprint density at radius 1 is 1.48 bits per heavy atom. The van der Waals surface area contributed by atoms with Gasteiger partial charge in [-0.3, -0.25) is 0 Å². The third-order valence-electron chi connectivity index (χ3n) is 3.57. The SMILES string of the molecule is Cc1c(F)cc(CO)cc1S(=O)(=O)N1CCCOC(C)C1. The standard InChI is InChI=1S/C14H20FNO4S/c1-10-8-16(4-3-5-20-10)21(18,19)14-7-12(9-17)6-13(15)11(14)2/h6-7,10,17H,3-5,8-9H2,1-2H3. The van der Waals surface area contributed by atoms with E-state index in [0.717, 1.165) is 6.07 Å². The fourth-order valence-corrected chi connectivity index (χ4v) is 4.22. The Morgan fingerprint density at radius 2 is 2.19 bits per heavy atom. The van der Waals surface area contributed by atoms with Crippen molar-refractivity contribution in [3.8, 4) is 0 Å². The molecule has 0 bridgehead atoms. The molecule has 1 aliphatic heterocycles. The number of rotatable bonds is 3. The number of hydrogen-bond donors (Lipinski definition) is 1. The molecule has 1 fully saturated rings. The Bertz CT molecular complexity index is 618. The summed E-state index contributed by atoms with van der Waals surface area (Å²) in [7, 11) is -3.80. The molecule has 1 N–H and O–H groups in total. The van der Waals surface area contributed by atoms with Crippen LogP contribution in [0, 0.1) is 12.7 Å². The highest BCUT2D eigenvalue weighted by atomic mass is 32.2. The minimum absolute atomic E-state index is 0.0741. The fraction of sp³-hybridized carbons (Fsp3) is 0.571. The second kappa shape index (κ2) is 6.39. The molecule has 2 rings (SSSR count). The van der Waals surface area contributed by atoms with E-state index in [-0.39, 0.29) is 28.7 Å². The average Bonchev–Trinajstić information content (AvgIpc) is 2.66. The first-order chi connectivity index (χ1) is 9.86. The molecule has 1 atom stereocenters. The monoisotopic (exact) mass is 317 g/mol. The molecule has 0 radical (unpaired) electrons. The van der Waals surface area contributed by atoms with Crippen LogP contribution in [0.3, 0.4) is 0 Å². The maximum absolute atomic E-state index is 13.9. The van der Waals surface area contributed by atoms with Gasteiger partial charge in [-0.25, -0.2) is 12.8 Å². The minimum Gasteiger partial charge on any atom is -0.392 e. The van der Waals surface area contributed by atoms with Gasteiger partial charge in [0.25, 0.3) is 0 Å². The lowest BCUT2D eigenvalue weighted by molar-refractivity contribution is 0.0752. The quantitative estimate of drug-likeness (QED) is 0.916. The van der Waals surface area contributed by atoms with E-state index >= 15 is 0 Å². The number of aliphatic hydroxyl groups excluding tert-OH is 1. The molecule has 0 amide bonds. The summed E-state index contributed by atoms with van der Waals surface area (Å²) in [5, 5.41) is 9.15. The minimum atomic E-state index is -3.80. The van der Waals surface area contributed by atoms with Gasteiger partial charge in [-0.1, -0.05) is 0 Å². The van der Waals surface area contributed by atoms with Gasteiger partial charge in [0, 0.05) is 25.3 Å². The first kappa shape index (κ1) is 16.4. The number of halogens is 1. The molecule has 0 saturated carbocycles. The summed E-state index contributed by atoms with van der Waals surface area (Å²) in [4.78, 5) is -0.0827. The fourth-order valence-electron chi connectivity index (χ4n) is 2.38. The highest BCUT2D eigenvalue weighted by Crippen LogP contribution is 2.25. The Labute approximate surface area is 124 Å². The Balaban J connectivity index is 2.45. The summed E-state index contributed by atoms with van der Waals surface area (Å²) in [6.07, 6.45) is 0.401. The van der Waals surface area contributed by atoms with Crippen molar-refractivity contribution >= 4 is 10.0 Å². The van der Waals surface area contributed by atoms with Crippen LogP contribution in [0.4, 0.5) is 4.39 Å². The van der Waals surface area contributed by atoms with Crippen LogP contribution in [0.2, 0.25) is 0 Å². The molecule has 0 aliphatic carbocycles. The maximum Gasteiger partial charge on any atom is 0.243 e. The molecule has 0 aromatic heterocycles. The van der Waals surface area contributed by atoms with Crippen LogP contribution >= 0.6 is 0 Å². The van der Waals surface area contributed by atoms with Crippen molar-refractivity contribution in [2.24, 2.45) is 0 Å². The molecule has 1 aromatic rings. The van der Waals surface area contributed by atoms with E-state index in [1.54, 1.807) is 0 Å². The van der Waals surface area contributed by atoms with E-state index in [4.69, 9.17) is 9.84 Å². The second-order valence-electron chi connectivity index (χ2n) is 5.26. The lowest BCUT2D eigenvalue weighted by Gasteiger charge is -2.23. The van der Waals surface area contributed by atoms with Gasteiger partial charge >= 0.3 is 0 Å². The third kappa shape index (κ3) is 3.42. The molecular weight excluding hydrogens is 297 g/mol. The maximum atomic E-state index is 13.9. The van der Waals surface area contributed by atoms with Gasteiger partial charge in [-0.15, -0.1) is 0 Å². The highest BCUT2D eigenvalue weighted by Gasteiger charge is 2.30. The van der Waals surface area contributed by atoms with Gasteiger partial charge in [0.05, 0.1) is 17.6 Å². The van der Waals surface area contributed by atoms with E-state index in [0.29, 0.717) is 19.6 Å². The largest absolute Gasteiger partial charge is 0.392 e. The number of benzene rings is 1. The van der Waals surface area contributed by atoms with Crippen molar-refractivity contribution in [3.63, 3.8) is 0 Å². The van der Waals surface area contributed by atoms with Crippen LogP contribution in [0.15, 0.2) is 17.0 Å². The van der Waals surface area contributed by atoms with Crippen molar-refractivity contribution in [2.75, 3.05) is 19.7 Å². The number of sulfonamides is 1. The number of nitrogens with zero attached hydrogens (tertiary/aromatic N) is 1. The third-order valence-corrected chi connectivity index (χ3v) is 5.56. The molecule has 1 aromatic carbocycles. The number of ether oxygens (including phenoxy) is 1. The molecule has 1 saturated heterocycles. The summed E-state index contributed by atoms with van der Waals surface area (Å²) in [5.74, 6) is -0.626. The van der Waals surface area contributed by atoms with Gasteiger partial charge < -0.3 is 9.84 Å². The molecule has 1 heterocycles. The molecule has 7 heteroatoms. The van der Waals surface area contributed by atoms with Gasteiger partial charge in [0.2, 0.25) is 10.0 Å². The van der Waals surface area contributed by atoms with E-state index < -0.39 is 22.4 Å². The zero-order chi connectivity index (χ0) is 15.6. The number of aliphatic hydroxyl groups is 1. The van der Waals surface area contributed by atoms with Gasteiger partial charge in [-0.05, 0) is 38.0 Å². The highest BCUT2D eigenvalue weighted by molar-refractivity contribution is 7.89. The van der Waals surface area contributed by atoms with Crippen LogP contribution in [-0.2, 0) is 21.4 Å². The first-order valence-electron chi connectivity index (χ1n) is 6.88. The second-order valence-corrected chi connectivity index (χ2v) is 7.16. The normalized spacial score (nSPS) is 21.2. The van der Waals surface area contributed by atoms with Crippen molar-refractivity contribution in [3.05, 3.63) is 29.1 Å². The number of hydrogen-bond acceptors (Lipinski definition) is 4. The van der Waals surface area contributed by atoms with Gasteiger partial charge in [0.1, 0.15) is 5.82 Å². The average molecular weight is 317 g/mol. The van der Waals surface area contributed by atoms with Gasteiger partial charge in [0.15, 0.2) is 0 Å². The van der Waals surface area contributed by atoms with Crippen molar-refractivity contribution in [1.82, 2.24) is 4.31 Å². The summed E-state index contributed by atoms with van der Waals surface area (Å²) < 4.78 is 46.1. The lowest BCUT2D eigenvalue weighted by atomic mass is 10.1. The van der Waals surface area contributed by atoms with Crippen molar-refractivity contribution < 1.29 is 22.7 Å². The molecule has 1 aliphatic rings. The summed E-state index contributed by atoms with van der Waals surface area (Å²) >= 11 is 0. The van der Waals surface area contributed by atoms with Gasteiger partial charge in [-0.2, -0.15) is 4.31 Å². The molecule has 21 heavy (non-hydrogen) atoms. The zero-order valence-electron chi connectivity index (χ0n) is 12.2. The van der Waals surface area contributed by atoms with Crippen molar-refractivity contribution in [1.29, 1.82) is 0 Å². The molecule has 5 nitrogen and oxygen atoms in total. The van der Waals surface area contributed by atoms with Crippen LogP contribution < -0.4 is 0 Å². The summed E-state index contributed by atoms with van der Waals surface area (Å²) in [5.41, 5.74) is 0.320. The van der Waals surface area contributed by atoms with E-state index in [9.17, 15) is 12.8 Å². The van der Waals surface area contributed by atoms with Crippen LogP contribution in [-0.4, -0.2) is 43.6 Å². The van der Waals surface area contributed by atoms with E-state index in [2.05, 4.69) is 0 Å². The van der Waals surface area contributed by atoms with Crippen LogP contribution in [0.5, 0.6) is 0 Å². The molecule has 118 valence electrons. The molecule has 0 spiro atoms. The summed E-state index contributed by atoms with van der Waals surface area (Å²) in [6.45, 7) is 3.94. The van der Waals surface area contributed by atoms with E-state index in [1.807, 2.05) is 6.92 Å². The van der Waals surface area contributed by atoms with Crippen molar-refractivity contribution in [2.45, 2.75) is 37.9 Å². The predicted octanol–water partition coefficient (Wildman–Crippen LogP) is 1.43. The Kier molecular flexibility index (Phi) is 4.98. The first-order valence-corrected chi connectivity index (χ1v) is 8.32. The Hall–Kier alpha value is -1.02. The molecular formula is C14H20FNO4S. The lowest BCUT2D eigenvalue weighted by Crippen LogP contribution is -2.36. The Morgan fingerprint density at radius 3 is 2.86 bits per heavy atom. The van der Waals surface area contributed by atoms with Crippen LogP contribution in [0.25, 0.3) is 0 Å². The summed E-state index contributed by atoms with van der Waals surface area (Å²) in [6, 6.07) is 2.49. The predicted molar refractivity (Wildman–Crippen MR) is 75.8 cm³/mol. The topological polar surface area (TPSA) is 66.8 Å². The van der Waals surface area contributed by atoms with Crippen LogP contribution in [0.1, 0.15) is 24.5 Å². The molecule has 1 unspecified atom stereocenters. The zero-order valence-corrected chi connectivity index (χ0v) is 13.0. The van der Waals surface area contributed by atoms with E-state index in [1.165, 1.54) is 17.3 Å². The smallest absolute Gasteiger partial charge is 0.243 e.